The van der Waals surface area contributed by atoms with Crippen LogP contribution in [0.3, 0.4) is 0 Å². The van der Waals surface area contributed by atoms with E-state index in [2.05, 4.69) is 53.8 Å². The summed E-state index contributed by atoms with van der Waals surface area (Å²) in [5.41, 5.74) is 6.88. The molecule has 6 heteroatoms. The molecule has 1 atom stereocenters. The van der Waals surface area contributed by atoms with Gasteiger partial charge in [0.25, 0.3) is 0 Å². The highest BCUT2D eigenvalue weighted by atomic mass is 28.3. The number of allylic oxidation sites excluding steroid dienone is 2. The Morgan fingerprint density at radius 3 is 2.37 bits per heavy atom. The SMILES string of the molecule is CCc1c(C)c2c(c(C(C)(C)C)c1CC=C(C)CCC(=O)O)C(=O)OC2O[SiH](C)C. The first-order valence-corrected chi connectivity index (χ1v) is 13.6. The Bertz CT molecular complexity index is 862. The summed E-state index contributed by atoms with van der Waals surface area (Å²) in [6.07, 6.45) is 3.68. The van der Waals surface area contributed by atoms with Crippen molar-refractivity contribution in [2.24, 2.45) is 0 Å². The third-order valence-corrected chi connectivity index (χ3v) is 6.37. The number of fused-ring (bicyclic) bond motifs is 1. The van der Waals surface area contributed by atoms with E-state index in [1.165, 1.54) is 5.56 Å². The van der Waals surface area contributed by atoms with Crippen LogP contribution in [0, 0.1) is 6.92 Å². The van der Waals surface area contributed by atoms with E-state index in [-0.39, 0.29) is 17.8 Å². The highest BCUT2D eigenvalue weighted by Gasteiger charge is 2.41. The van der Waals surface area contributed by atoms with E-state index in [1.807, 2.05) is 6.92 Å². The van der Waals surface area contributed by atoms with Crippen LogP contribution in [0.25, 0.3) is 0 Å². The highest BCUT2D eigenvalue weighted by Crippen LogP contribution is 2.44. The van der Waals surface area contributed by atoms with Gasteiger partial charge >= 0.3 is 11.9 Å². The number of hydrogen-bond donors (Lipinski definition) is 1. The highest BCUT2D eigenvalue weighted by molar-refractivity contribution is 6.48. The summed E-state index contributed by atoms with van der Waals surface area (Å²) in [4.78, 5) is 23.9. The molecule has 0 saturated carbocycles. The first-order valence-electron chi connectivity index (χ1n) is 10.8. The molecule has 0 saturated heterocycles. The van der Waals surface area contributed by atoms with Gasteiger partial charge < -0.3 is 14.3 Å². The Morgan fingerprint density at radius 2 is 1.87 bits per heavy atom. The second kappa shape index (κ2) is 9.48. The topological polar surface area (TPSA) is 72.8 Å². The monoisotopic (exact) mass is 432 g/mol. The first kappa shape index (κ1) is 24.3. The fraction of sp³-hybridized carbons (Fsp3) is 0.583. The van der Waals surface area contributed by atoms with Crippen LogP contribution >= 0.6 is 0 Å². The molecule has 166 valence electrons. The Morgan fingerprint density at radius 1 is 1.23 bits per heavy atom. The molecule has 5 nitrogen and oxygen atoms in total. The number of carboxylic acid groups (broad SMARTS) is 1. The molecule has 30 heavy (non-hydrogen) atoms. The molecule has 0 amide bonds. The van der Waals surface area contributed by atoms with E-state index in [0.717, 1.165) is 34.2 Å². The number of benzene rings is 1. The smallest absolute Gasteiger partial charge is 0.341 e. The van der Waals surface area contributed by atoms with E-state index in [9.17, 15) is 9.59 Å². The molecule has 1 N–H and O–H groups in total. The Balaban J connectivity index is 2.67. The number of rotatable bonds is 8. The third kappa shape index (κ3) is 5.21. The zero-order valence-corrected chi connectivity index (χ0v) is 20.8. The van der Waals surface area contributed by atoms with Gasteiger partial charge in [-0.1, -0.05) is 39.3 Å². The van der Waals surface area contributed by atoms with E-state index in [0.29, 0.717) is 18.4 Å². The lowest BCUT2D eigenvalue weighted by molar-refractivity contribution is -0.136. The molecular formula is C24H36O5Si. The van der Waals surface area contributed by atoms with Crippen LogP contribution in [0.15, 0.2) is 11.6 Å². The van der Waals surface area contributed by atoms with Gasteiger partial charge in [-0.15, -0.1) is 0 Å². The lowest BCUT2D eigenvalue weighted by Gasteiger charge is -2.29. The summed E-state index contributed by atoms with van der Waals surface area (Å²) < 4.78 is 11.8. The molecular weight excluding hydrogens is 396 g/mol. The molecule has 1 aliphatic rings. The van der Waals surface area contributed by atoms with Gasteiger partial charge in [-0.05, 0) is 73.9 Å². The van der Waals surface area contributed by atoms with Gasteiger partial charge in [-0.2, -0.15) is 0 Å². The zero-order valence-electron chi connectivity index (χ0n) is 19.6. The van der Waals surface area contributed by atoms with Crippen LogP contribution in [0.4, 0.5) is 0 Å². The van der Waals surface area contributed by atoms with Crippen molar-refractivity contribution in [3.05, 3.63) is 45.0 Å². The van der Waals surface area contributed by atoms with Crippen molar-refractivity contribution in [1.29, 1.82) is 0 Å². The molecule has 0 fully saturated rings. The largest absolute Gasteiger partial charge is 0.481 e. The lowest BCUT2D eigenvalue weighted by Crippen LogP contribution is -2.22. The number of carbonyl (C=O) groups excluding carboxylic acids is 1. The molecule has 1 aliphatic heterocycles. The van der Waals surface area contributed by atoms with Gasteiger partial charge in [-0.25, -0.2) is 4.79 Å². The second-order valence-corrected chi connectivity index (χ2v) is 11.8. The summed E-state index contributed by atoms with van der Waals surface area (Å²) in [7, 11) is -1.40. The minimum Gasteiger partial charge on any atom is -0.481 e. The molecule has 2 rings (SSSR count). The second-order valence-electron chi connectivity index (χ2n) is 9.42. The number of aliphatic carboxylic acids is 1. The summed E-state index contributed by atoms with van der Waals surface area (Å²) in [6.45, 7) is 16.7. The van der Waals surface area contributed by atoms with Crippen molar-refractivity contribution < 1.29 is 23.9 Å². The number of ether oxygens (including phenoxy) is 1. The average Bonchev–Trinajstić information content (AvgIpc) is 2.92. The van der Waals surface area contributed by atoms with Gasteiger partial charge in [-0.3, -0.25) is 4.79 Å². The number of cyclic esters (lactones) is 1. The maximum absolute atomic E-state index is 13.0. The van der Waals surface area contributed by atoms with Gasteiger partial charge in [0, 0.05) is 12.0 Å². The maximum Gasteiger partial charge on any atom is 0.341 e. The molecule has 0 radical (unpaired) electrons. The van der Waals surface area contributed by atoms with Gasteiger partial charge in [0.15, 0.2) is 9.04 Å². The van der Waals surface area contributed by atoms with Gasteiger partial charge in [0.05, 0.1) is 5.56 Å². The Kier molecular flexibility index (Phi) is 7.69. The number of carboxylic acids is 1. The molecule has 0 aromatic heterocycles. The summed E-state index contributed by atoms with van der Waals surface area (Å²) in [5, 5.41) is 8.95. The predicted octanol–water partition coefficient (Wildman–Crippen LogP) is 5.38. The molecule has 1 aromatic rings. The van der Waals surface area contributed by atoms with Crippen molar-refractivity contribution >= 4 is 21.0 Å². The molecule has 0 bridgehead atoms. The lowest BCUT2D eigenvalue weighted by atomic mass is 9.74. The van der Waals surface area contributed by atoms with Crippen LogP contribution in [-0.2, 0) is 32.2 Å². The van der Waals surface area contributed by atoms with Crippen LogP contribution in [0.2, 0.25) is 13.1 Å². The summed E-state index contributed by atoms with van der Waals surface area (Å²) in [6, 6.07) is 0. The van der Waals surface area contributed by atoms with Gasteiger partial charge in [0.1, 0.15) is 0 Å². The van der Waals surface area contributed by atoms with Gasteiger partial charge in [0.2, 0.25) is 6.29 Å². The maximum atomic E-state index is 13.0. The van der Waals surface area contributed by atoms with Crippen molar-refractivity contribution in [3.8, 4) is 0 Å². The molecule has 1 unspecified atom stereocenters. The molecule has 0 aliphatic carbocycles. The molecule has 1 aromatic carbocycles. The van der Waals surface area contributed by atoms with Crippen LogP contribution < -0.4 is 0 Å². The number of esters is 1. The molecule has 1 heterocycles. The number of hydrogen-bond acceptors (Lipinski definition) is 4. The summed E-state index contributed by atoms with van der Waals surface area (Å²) >= 11 is 0. The van der Waals surface area contributed by atoms with E-state index < -0.39 is 21.3 Å². The zero-order chi connectivity index (χ0) is 22.8. The van der Waals surface area contributed by atoms with Crippen LogP contribution in [-0.4, -0.2) is 26.1 Å². The predicted molar refractivity (Wildman–Crippen MR) is 122 cm³/mol. The van der Waals surface area contributed by atoms with Crippen molar-refractivity contribution in [2.45, 2.75) is 92.0 Å². The van der Waals surface area contributed by atoms with Crippen LogP contribution in [0.1, 0.15) is 91.9 Å². The minimum atomic E-state index is -1.40. The Hall–Kier alpha value is -1.92. The molecule has 0 spiro atoms. The fourth-order valence-electron chi connectivity index (χ4n) is 4.29. The normalized spacial score (nSPS) is 16.8. The third-order valence-electron chi connectivity index (χ3n) is 5.58. The summed E-state index contributed by atoms with van der Waals surface area (Å²) in [5.74, 6) is -1.09. The minimum absolute atomic E-state index is 0.128. The quantitative estimate of drug-likeness (QED) is 0.339. The first-order chi connectivity index (χ1) is 13.9. The van der Waals surface area contributed by atoms with Crippen molar-refractivity contribution in [3.63, 3.8) is 0 Å². The van der Waals surface area contributed by atoms with Crippen molar-refractivity contribution in [2.75, 3.05) is 0 Å². The standard InChI is InChI=1S/C24H36O5Si/c1-9-16-15(3)19-20(22(27)28-23(19)29-30(7)8)21(24(4,5)6)17(16)12-10-14(2)11-13-18(25)26/h10,23,30H,9,11-13H2,1-8H3,(H,25,26). The Labute approximate surface area is 182 Å². The number of carbonyl (C=O) groups is 2. The fourth-order valence-corrected chi connectivity index (χ4v) is 4.98. The van der Waals surface area contributed by atoms with E-state index in [4.69, 9.17) is 14.3 Å². The van der Waals surface area contributed by atoms with Crippen LogP contribution in [0.5, 0.6) is 0 Å². The average molecular weight is 433 g/mol. The van der Waals surface area contributed by atoms with E-state index in [1.54, 1.807) is 0 Å². The van der Waals surface area contributed by atoms with E-state index >= 15 is 0 Å². The van der Waals surface area contributed by atoms with Crippen molar-refractivity contribution in [1.82, 2.24) is 0 Å².